The Morgan fingerprint density at radius 1 is 0.938 bits per heavy atom. The van der Waals surface area contributed by atoms with Gasteiger partial charge in [-0.1, -0.05) is 13.0 Å². The number of carbonyl (C=O) groups excluding carboxylic acids is 1. The fourth-order valence-corrected chi connectivity index (χ4v) is 5.89. The Hall–Kier alpha value is -2.45. The SMILES string of the molecule is CC1CCCN(C(=O)c2cccc(S(=O)(=O)N3CCN(c4ccc(F)cc4)CC3)c2)CC1. The number of sulfonamides is 1. The van der Waals surface area contributed by atoms with Gasteiger partial charge in [0.2, 0.25) is 10.0 Å². The predicted octanol–water partition coefficient (Wildman–Crippen LogP) is 3.60. The second-order valence-electron chi connectivity index (χ2n) is 8.72. The average Bonchev–Trinajstić information content (AvgIpc) is 3.03. The zero-order chi connectivity index (χ0) is 22.7. The largest absolute Gasteiger partial charge is 0.369 e. The molecule has 2 aromatic rings. The third-order valence-corrected chi connectivity index (χ3v) is 8.35. The fourth-order valence-electron chi connectivity index (χ4n) is 4.43. The van der Waals surface area contributed by atoms with E-state index in [2.05, 4.69) is 6.92 Å². The van der Waals surface area contributed by atoms with Gasteiger partial charge in [0, 0.05) is 50.5 Å². The molecule has 2 saturated heterocycles. The Labute approximate surface area is 189 Å². The molecular formula is C24H30FN3O3S. The maximum Gasteiger partial charge on any atom is 0.253 e. The van der Waals surface area contributed by atoms with Gasteiger partial charge >= 0.3 is 0 Å². The van der Waals surface area contributed by atoms with Crippen molar-refractivity contribution in [3.63, 3.8) is 0 Å². The standard InChI is InChI=1S/C24H30FN3O3S/c1-19-4-3-12-27(13-11-19)24(29)20-5-2-6-23(18-20)32(30,31)28-16-14-26(15-17-28)22-9-7-21(25)8-10-22/h2,5-10,18-19H,3-4,11-17H2,1H3. The van der Waals surface area contributed by atoms with Crippen LogP contribution in [0.25, 0.3) is 0 Å². The Bertz CT molecular complexity index is 1050. The lowest BCUT2D eigenvalue weighted by atomic mass is 10.0. The number of anilines is 1. The van der Waals surface area contributed by atoms with Crippen molar-refractivity contribution in [1.82, 2.24) is 9.21 Å². The summed E-state index contributed by atoms with van der Waals surface area (Å²) in [6, 6.07) is 12.6. The molecule has 0 aliphatic carbocycles. The van der Waals surface area contributed by atoms with Crippen LogP contribution in [0.1, 0.15) is 36.5 Å². The van der Waals surface area contributed by atoms with E-state index < -0.39 is 10.0 Å². The molecule has 0 N–H and O–H groups in total. The highest BCUT2D eigenvalue weighted by molar-refractivity contribution is 7.89. The number of amides is 1. The van der Waals surface area contributed by atoms with E-state index in [1.54, 1.807) is 30.3 Å². The zero-order valence-corrected chi connectivity index (χ0v) is 19.2. The van der Waals surface area contributed by atoms with Crippen molar-refractivity contribution in [1.29, 1.82) is 0 Å². The summed E-state index contributed by atoms with van der Waals surface area (Å²) in [6.45, 7) is 5.35. The Morgan fingerprint density at radius 2 is 1.66 bits per heavy atom. The van der Waals surface area contributed by atoms with Gasteiger partial charge in [0.25, 0.3) is 5.91 Å². The van der Waals surface area contributed by atoms with Crippen LogP contribution in [0.5, 0.6) is 0 Å². The van der Waals surface area contributed by atoms with E-state index in [4.69, 9.17) is 0 Å². The number of benzene rings is 2. The van der Waals surface area contributed by atoms with Gasteiger partial charge < -0.3 is 9.80 Å². The van der Waals surface area contributed by atoms with Crippen LogP contribution in [-0.2, 0) is 10.0 Å². The summed E-state index contributed by atoms with van der Waals surface area (Å²) in [6.07, 6.45) is 3.06. The summed E-state index contributed by atoms with van der Waals surface area (Å²) < 4.78 is 41.1. The maximum atomic E-state index is 13.3. The molecule has 172 valence electrons. The molecule has 0 spiro atoms. The number of carbonyl (C=O) groups is 1. The monoisotopic (exact) mass is 459 g/mol. The van der Waals surface area contributed by atoms with E-state index >= 15 is 0 Å². The smallest absolute Gasteiger partial charge is 0.253 e. The van der Waals surface area contributed by atoms with E-state index in [0.717, 1.165) is 24.9 Å². The van der Waals surface area contributed by atoms with Gasteiger partial charge in [-0.15, -0.1) is 0 Å². The molecule has 2 fully saturated rings. The summed E-state index contributed by atoms with van der Waals surface area (Å²) in [5, 5.41) is 0. The lowest BCUT2D eigenvalue weighted by molar-refractivity contribution is 0.0760. The lowest BCUT2D eigenvalue weighted by Gasteiger charge is -2.35. The Morgan fingerprint density at radius 3 is 2.38 bits per heavy atom. The quantitative estimate of drug-likeness (QED) is 0.701. The molecule has 8 heteroatoms. The highest BCUT2D eigenvalue weighted by atomic mass is 32.2. The van der Waals surface area contributed by atoms with E-state index in [9.17, 15) is 17.6 Å². The number of nitrogens with zero attached hydrogens (tertiary/aromatic N) is 3. The van der Waals surface area contributed by atoms with Crippen LogP contribution < -0.4 is 4.90 Å². The fraction of sp³-hybridized carbons (Fsp3) is 0.458. The van der Waals surface area contributed by atoms with Crippen LogP contribution in [-0.4, -0.2) is 62.8 Å². The molecule has 1 amide bonds. The molecular weight excluding hydrogens is 429 g/mol. The first kappa shape index (κ1) is 22.7. The van der Waals surface area contributed by atoms with E-state index in [1.165, 1.54) is 22.5 Å². The van der Waals surface area contributed by atoms with Crippen molar-refractivity contribution in [3.8, 4) is 0 Å². The lowest BCUT2D eigenvalue weighted by Crippen LogP contribution is -2.48. The van der Waals surface area contributed by atoms with Crippen molar-refractivity contribution in [3.05, 3.63) is 59.9 Å². The van der Waals surface area contributed by atoms with Crippen molar-refractivity contribution in [2.24, 2.45) is 5.92 Å². The number of hydrogen-bond donors (Lipinski definition) is 0. The van der Waals surface area contributed by atoms with E-state index in [0.29, 0.717) is 50.7 Å². The molecule has 1 atom stereocenters. The first-order valence-electron chi connectivity index (χ1n) is 11.2. The van der Waals surface area contributed by atoms with Gasteiger partial charge in [-0.3, -0.25) is 4.79 Å². The van der Waals surface area contributed by atoms with Crippen molar-refractivity contribution < 1.29 is 17.6 Å². The predicted molar refractivity (Wildman–Crippen MR) is 123 cm³/mol. The Kier molecular flexibility index (Phi) is 6.81. The molecule has 32 heavy (non-hydrogen) atoms. The molecule has 0 bridgehead atoms. The van der Waals surface area contributed by atoms with Crippen LogP contribution >= 0.6 is 0 Å². The van der Waals surface area contributed by atoms with Crippen LogP contribution in [0.15, 0.2) is 53.4 Å². The van der Waals surface area contributed by atoms with Crippen molar-refractivity contribution in [2.45, 2.75) is 31.1 Å². The van der Waals surface area contributed by atoms with Crippen molar-refractivity contribution in [2.75, 3.05) is 44.2 Å². The van der Waals surface area contributed by atoms with Crippen molar-refractivity contribution >= 4 is 21.6 Å². The first-order chi connectivity index (χ1) is 15.3. The molecule has 2 heterocycles. The molecule has 0 radical (unpaired) electrons. The number of halogens is 1. The third kappa shape index (κ3) is 4.96. The summed E-state index contributed by atoms with van der Waals surface area (Å²) in [5.74, 6) is 0.212. The minimum absolute atomic E-state index is 0.0997. The highest BCUT2D eigenvalue weighted by Gasteiger charge is 2.29. The number of piperazine rings is 1. The van der Waals surface area contributed by atoms with Gasteiger partial charge in [0.1, 0.15) is 5.82 Å². The molecule has 1 unspecified atom stereocenters. The highest BCUT2D eigenvalue weighted by Crippen LogP contribution is 2.23. The van der Waals surface area contributed by atoms with Crippen LogP contribution in [0, 0.1) is 11.7 Å². The number of hydrogen-bond acceptors (Lipinski definition) is 4. The van der Waals surface area contributed by atoms with Crippen LogP contribution in [0.3, 0.4) is 0 Å². The topological polar surface area (TPSA) is 60.9 Å². The third-order valence-electron chi connectivity index (χ3n) is 6.45. The summed E-state index contributed by atoms with van der Waals surface area (Å²) in [4.78, 5) is 17.1. The summed E-state index contributed by atoms with van der Waals surface area (Å²) in [5.41, 5.74) is 1.30. The van der Waals surface area contributed by atoms with Gasteiger partial charge in [-0.25, -0.2) is 12.8 Å². The van der Waals surface area contributed by atoms with Crippen LogP contribution in [0.2, 0.25) is 0 Å². The molecule has 0 aromatic heterocycles. The molecule has 4 rings (SSSR count). The second kappa shape index (κ2) is 9.58. The second-order valence-corrected chi connectivity index (χ2v) is 10.7. The van der Waals surface area contributed by atoms with E-state index in [-0.39, 0.29) is 16.6 Å². The molecule has 6 nitrogen and oxygen atoms in total. The van der Waals surface area contributed by atoms with Gasteiger partial charge in [0.15, 0.2) is 0 Å². The number of rotatable bonds is 4. The summed E-state index contributed by atoms with van der Waals surface area (Å²) >= 11 is 0. The molecule has 0 saturated carbocycles. The summed E-state index contributed by atoms with van der Waals surface area (Å²) in [7, 11) is -3.70. The average molecular weight is 460 g/mol. The van der Waals surface area contributed by atoms with Gasteiger partial charge in [-0.2, -0.15) is 4.31 Å². The minimum atomic E-state index is -3.70. The first-order valence-corrected chi connectivity index (χ1v) is 12.7. The normalized spacial score (nSPS) is 20.8. The molecule has 2 aliphatic heterocycles. The zero-order valence-electron chi connectivity index (χ0n) is 18.4. The maximum absolute atomic E-state index is 13.3. The van der Waals surface area contributed by atoms with Crippen LogP contribution in [0.4, 0.5) is 10.1 Å². The molecule has 2 aliphatic rings. The number of likely N-dealkylation sites (tertiary alicyclic amines) is 1. The van der Waals surface area contributed by atoms with Gasteiger partial charge in [-0.05, 0) is 67.6 Å². The molecule has 2 aromatic carbocycles. The Balaban J connectivity index is 1.45. The van der Waals surface area contributed by atoms with Gasteiger partial charge in [0.05, 0.1) is 4.90 Å². The minimum Gasteiger partial charge on any atom is -0.369 e. The van der Waals surface area contributed by atoms with E-state index in [1.807, 2.05) is 9.80 Å².